The first kappa shape index (κ1) is 13.3. The minimum absolute atomic E-state index is 0.599. The van der Waals surface area contributed by atoms with Gasteiger partial charge in [-0.25, -0.2) is 9.97 Å². The van der Waals surface area contributed by atoms with Gasteiger partial charge in [0.1, 0.15) is 12.1 Å². The molecule has 0 saturated heterocycles. The highest BCUT2D eigenvalue weighted by Crippen LogP contribution is 2.38. The predicted octanol–water partition coefficient (Wildman–Crippen LogP) is 3.78. The number of hydrogen-bond acceptors (Lipinski definition) is 5. The standard InChI is InChI=1S/C16H13ClN4O/c17-11-2-1-10-5-6-21(15(10)7-11)16-13-4-3-12(20-22)8-14(13)18-9-19-16/h1-4,7-9,20,22H,5-6H2. The van der Waals surface area contributed by atoms with Crippen molar-refractivity contribution in [2.45, 2.75) is 6.42 Å². The fraction of sp³-hybridized carbons (Fsp3) is 0.125. The van der Waals surface area contributed by atoms with E-state index in [2.05, 4.69) is 26.4 Å². The minimum Gasteiger partial charge on any atom is -0.325 e. The van der Waals surface area contributed by atoms with E-state index in [9.17, 15) is 0 Å². The lowest BCUT2D eigenvalue weighted by atomic mass is 10.1. The highest BCUT2D eigenvalue weighted by molar-refractivity contribution is 6.31. The van der Waals surface area contributed by atoms with Gasteiger partial charge in [0.2, 0.25) is 0 Å². The Morgan fingerprint density at radius 3 is 2.91 bits per heavy atom. The second kappa shape index (κ2) is 5.12. The Hall–Kier alpha value is -2.37. The summed E-state index contributed by atoms with van der Waals surface area (Å²) in [6.07, 6.45) is 2.51. The first-order valence-electron chi connectivity index (χ1n) is 6.97. The summed E-state index contributed by atoms with van der Waals surface area (Å²) >= 11 is 6.14. The molecule has 0 amide bonds. The molecule has 2 N–H and O–H groups in total. The van der Waals surface area contributed by atoms with E-state index in [0.29, 0.717) is 5.69 Å². The van der Waals surface area contributed by atoms with Crippen LogP contribution in [-0.4, -0.2) is 21.7 Å². The summed E-state index contributed by atoms with van der Waals surface area (Å²) in [5.41, 5.74) is 5.88. The molecule has 0 fully saturated rings. The average Bonchev–Trinajstić information content (AvgIpc) is 2.96. The second-order valence-corrected chi connectivity index (χ2v) is 5.65. The lowest BCUT2D eigenvalue weighted by Gasteiger charge is -2.20. The van der Waals surface area contributed by atoms with E-state index in [1.165, 1.54) is 5.56 Å². The van der Waals surface area contributed by atoms with Gasteiger partial charge in [-0.1, -0.05) is 17.7 Å². The van der Waals surface area contributed by atoms with E-state index < -0.39 is 0 Å². The van der Waals surface area contributed by atoms with E-state index in [1.54, 1.807) is 18.5 Å². The SMILES string of the molecule is ONc1ccc2c(N3CCc4ccc(Cl)cc43)ncnc2c1. The monoisotopic (exact) mass is 312 g/mol. The quantitative estimate of drug-likeness (QED) is 0.705. The number of benzene rings is 2. The van der Waals surface area contributed by atoms with Crippen LogP contribution in [0.4, 0.5) is 17.2 Å². The van der Waals surface area contributed by atoms with Crippen LogP contribution in [-0.2, 0) is 6.42 Å². The van der Waals surface area contributed by atoms with Crippen molar-refractivity contribution in [3.8, 4) is 0 Å². The normalized spacial score (nSPS) is 13.5. The molecule has 1 aliphatic rings. The van der Waals surface area contributed by atoms with Gasteiger partial charge in [0.05, 0.1) is 11.2 Å². The van der Waals surface area contributed by atoms with E-state index in [4.69, 9.17) is 16.8 Å². The highest BCUT2D eigenvalue weighted by Gasteiger charge is 2.23. The third-order valence-corrected chi connectivity index (χ3v) is 4.18. The highest BCUT2D eigenvalue weighted by atomic mass is 35.5. The Morgan fingerprint density at radius 1 is 1.14 bits per heavy atom. The Morgan fingerprint density at radius 2 is 2.05 bits per heavy atom. The van der Waals surface area contributed by atoms with Gasteiger partial charge in [-0.05, 0) is 42.3 Å². The van der Waals surface area contributed by atoms with E-state index in [-0.39, 0.29) is 0 Å². The summed E-state index contributed by atoms with van der Waals surface area (Å²) in [5.74, 6) is 0.857. The molecule has 1 aromatic heterocycles. The average molecular weight is 313 g/mol. The van der Waals surface area contributed by atoms with Crippen molar-refractivity contribution in [1.82, 2.24) is 9.97 Å². The molecule has 1 aliphatic heterocycles. The molecule has 0 saturated carbocycles. The zero-order valence-electron chi connectivity index (χ0n) is 11.6. The summed E-state index contributed by atoms with van der Waals surface area (Å²) in [7, 11) is 0. The smallest absolute Gasteiger partial charge is 0.144 e. The van der Waals surface area contributed by atoms with Gasteiger partial charge in [-0.15, -0.1) is 0 Å². The maximum absolute atomic E-state index is 9.02. The Balaban J connectivity index is 1.88. The summed E-state index contributed by atoms with van der Waals surface area (Å²) < 4.78 is 0. The molecule has 0 atom stereocenters. The van der Waals surface area contributed by atoms with Crippen molar-refractivity contribution in [3.05, 3.63) is 53.3 Å². The summed E-state index contributed by atoms with van der Waals surface area (Å²) in [6.45, 7) is 0.863. The Labute approximate surface area is 132 Å². The molecular formula is C16H13ClN4O. The summed E-state index contributed by atoms with van der Waals surface area (Å²) in [4.78, 5) is 10.9. The lowest BCUT2D eigenvalue weighted by molar-refractivity contribution is 0.389. The van der Waals surface area contributed by atoms with Gasteiger partial charge >= 0.3 is 0 Å². The fourth-order valence-electron chi connectivity index (χ4n) is 2.90. The number of nitrogens with one attached hydrogen (secondary N) is 1. The lowest BCUT2D eigenvalue weighted by Crippen LogP contribution is -2.15. The molecule has 2 heterocycles. The zero-order chi connectivity index (χ0) is 15.1. The number of rotatable bonds is 2. The van der Waals surface area contributed by atoms with Crippen molar-refractivity contribution in [2.75, 3.05) is 16.9 Å². The Kier molecular flexibility index (Phi) is 3.10. The molecule has 4 rings (SSSR count). The molecule has 110 valence electrons. The van der Waals surface area contributed by atoms with Crippen molar-refractivity contribution in [2.24, 2.45) is 0 Å². The van der Waals surface area contributed by atoms with Crippen LogP contribution in [0.3, 0.4) is 0 Å². The van der Waals surface area contributed by atoms with Crippen LogP contribution in [0.15, 0.2) is 42.7 Å². The van der Waals surface area contributed by atoms with Gasteiger partial charge in [0.25, 0.3) is 0 Å². The van der Waals surface area contributed by atoms with E-state index in [0.717, 1.165) is 40.4 Å². The van der Waals surface area contributed by atoms with E-state index >= 15 is 0 Å². The van der Waals surface area contributed by atoms with Gasteiger partial charge in [-0.2, -0.15) is 0 Å². The zero-order valence-corrected chi connectivity index (χ0v) is 12.4. The minimum atomic E-state index is 0.599. The molecule has 0 bridgehead atoms. The second-order valence-electron chi connectivity index (χ2n) is 5.22. The van der Waals surface area contributed by atoms with Crippen LogP contribution in [0.25, 0.3) is 10.9 Å². The van der Waals surface area contributed by atoms with Crippen molar-refractivity contribution < 1.29 is 5.21 Å². The van der Waals surface area contributed by atoms with Gasteiger partial charge in [0.15, 0.2) is 0 Å². The molecule has 0 aliphatic carbocycles. The number of hydrogen-bond donors (Lipinski definition) is 2. The molecule has 22 heavy (non-hydrogen) atoms. The van der Waals surface area contributed by atoms with Crippen LogP contribution in [0.2, 0.25) is 5.02 Å². The molecule has 0 spiro atoms. The largest absolute Gasteiger partial charge is 0.325 e. The van der Waals surface area contributed by atoms with Gasteiger partial charge < -0.3 is 4.90 Å². The number of fused-ring (bicyclic) bond motifs is 2. The molecule has 2 aromatic carbocycles. The molecule has 3 aromatic rings. The first-order chi connectivity index (χ1) is 10.8. The number of aromatic nitrogens is 2. The number of nitrogens with zero attached hydrogens (tertiary/aromatic N) is 3. The molecule has 5 nitrogen and oxygen atoms in total. The maximum atomic E-state index is 9.02. The number of anilines is 3. The Bertz CT molecular complexity index is 868. The maximum Gasteiger partial charge on any atom is 0.144 e. The molecule has 6 heteroatoms. The molecule has 0 radical (unpaired) electrons. The van der Waals surface area contributed by atoms with Crippen LogP contribution in [0.1, 0.15) is 5.56 Å². The molecular weight excluding hydrogens is 300 g/mol. The van der Waals surface area contributed by atoms with Gasteiger partial charge in [-0.3, -0.25) is 10.7 Å². The summed E-state index contributed by atoms with van der Waals surface area (Å²) in [5, 5.41) is 10.7. The van der Waals surface area contributed by atoms with Crippen LogP contribution in [0, 0.1) is 0 Å². The predicted molar refractivity (Wildman–Crippen MR) is 87.1 cm³/mol. The third kappa shape index (κ3) is 2.06. The van der Waals surface area contributed by atoms with Crippen molar-refractivity contribution in [1.29, 1.82) is 0 Å². The van der Waals surface area contributed by atoms with Crippen molar-refractivity contribution in [3.63, 3.8) is 0 Å². The fourth-order valence-corrected chi connectivity index (χ4v) is 3.07. The van der Waals surface area contributed by atoms with Crippen LogP contribution in [0.5, 0.6) is 0 Å². The first-order valence-corrected chi connectivity index (χ1v) is 7.35. The van der Waals surface area contributed by atoms with Crippen LogP contribution < -0.4 is 10.4 Å². The molecule has 0 unspecified atom stereocenters. The van der Waals surface area contributed by atoms with E-state index in [1.807, 2.05) is 18.2 Å². The van der Waals surface area contributed by atoms with Crippen molar-refractivity contribution >= 4 is 39.7 Å². The van der Waals surface area contributed by atoms with Crippen LogP contribution >= 0.6 is 11.6 Å². The topological polar surface area (TPSA) is 61.3 Å². The van der Waals surface area contributed by atoms with Gasteiger partial charge in [0, 0.05) is 22.6 Å². The third-order valence-electron chi connectivity index (χ3n) is 3.94. The summed E-state index contributed by atoms with van der Waals surface area (Å²) in [6, 6.07) is 11.4. The number of halogens is 1.